The Morgan fingerprint density at radius 2 is 2.07 bits per heavy atom. The summed E-state index contributed by atoms with van der Waals surface area (Å²) in [4.78, 5) is 39.4. The molecule has 3 aromatic heterocycles. The van der Waals surface area contributed by atoms with Crippen molar-refractivity contribution in [1.29, 1.82) is 0 Å². The quantitative estimate of drug-likeness (QED) is 0.505. The lowest BCUT2D eigenvalue weighted by atomic mass is 10.2. The van der Waals surface area contributed by atoms with Gasteiger partial charge in [0.1, 0.15) is 16.7 Å². The topological polar surface area (TPSA) is 97.3 Å². The molecule has 148 valence electrons. The van der Waals surface area contributed by atoms with Gasteiger partial charge >= 0.3 is 6.09 Å². The summed E-state index contributed by atoms with van der Waals surface area (Å²) in [7, 11) is 0. The van der Waals surface area contributed by atoms with Crippen molar-refractivity contribution in [2.45, 2.75) is 26.0 Å². The van der Waals surface area contributed by atoms with Crippen LogP contribution >= 0.6 is 11.6 Å². The highest BCUT2D eigenvalue weighted by atomic mass is 35.5. The van der Waals surface area contributed by atoms with Gasteiger partial charge in [0.05, 0.1) is 0 Å². The van der Waals surface area contributed by atoms with Gasteiger partial charge in [-0.2, -0.15) is 0 Å². The van der Waals surface area contributed by atoms with Crippen molar-refractivity contribution in [1.82, 2.24) is 20.3 Å². The number of carbonyl (C=O) groups is 2. The Bertz CT molecular complexity index is 1090. The van der Waals surface area contributed by atoms with Gasteiger partial charge in [-0.3, -0.25) is 9.78 Å². The van der Waals surface area contributed by atoms with Crippen LogP contribution in [0.2, 0.25) is 5.15 Å². The van der Waals surface area contributed by atoms with E-state index in [2.05, 4.69) is 20.3 Å². The van der Waals surface area contributed by atoms with Gasteiger partial charge < -0.3 is 10.1 Å². The normalized spacial score (nSPS) is 15.4. The van der Waals surface area contributed by atoms with Crippen molar-refractivity contribution in [2.24, 2.45) is 0 Å². The molecule has 0 fully saturated rings. The van der Waals surface area contributed by atoms with Crippen molar-refractivity contribution in [3.05, 3.63) is 59.0 Å². The number of pyridine rings is 3. The van der Waals surface area contributed by atoms with Crippen LogP contribution in [0.3, 0.4) is 0 Å². The number of ether oxygens (including phenoxy) is 1. The molecule has 3 aromatic rings. The van der Waals surface area contributed by atoms with Gasteiger partial charge in [-0.05, 0) is 42.8 Å². The summed E-state index contributed by atoms with van der Waals surface area (Å²) in [6.45, 7) is 2.52. The molecule has 9 heteroatoms. The molecular weight excluding hydrogens is 394 g/mol. The summed E-state index contributed by atoms with van der Waals surface area (Å²) in [5, 5.41) is 3.76. The van der Waals surface area contributed by atoms with Crippen LogP contribution in [0.15, 0.2) is 42.6 Å². The number of alkyl carbamates (subject to hydrolysis) is 1. The van der Waals surface area contributed by atoms with Gasteiger partial charge in [0.15, 0.2) is 5.65 Å². The number of fused-ring (bicyclic) bond motifs is 2. The van der Waals surface area contributed by atoms with Gasteiger partial charge in [0.25, 0.3) is 5.91 Å². The highest BCUT2D eigenvalue weighted by Crippen LogP contribution is 2.37. The number of aromatic nitrogens is 3. The van der Waals surface area contributed by atoms with Crippen LogP contribution in [-0.4, -0.2) is 33.5 Å². The zero-order valence-corrected chi connectivity index (χ0v) is 16.4. The maximum atomic E-state index is 13.0. The Labute approximate surface area is 171 Å². The Balaban J connectivity index is 1.70. The number of hydrogen-bond acceptors (Lipinski definition) is 6. The molecular formula is C20H18ClN5O3. The van der Waals surface area contributed by atoms with E-state index in [1.807, 2.05) is 6.92 Å². The largest absolute Gasteiger partial charge is 0.420 e. The summed E-state index contributed by atoms with van der Waals surface area (Å²) in [5.74, 6) is -0.109. The van der Waals surface area contributed by atoms with E-state index in [4.69, 9.17) is 16.3 Å². The fourth-order valence-corrected chi connectivity index (χ4v) is 3.25. The minimum atomic E-state index is -0.975. The Hall–Kier alpha value is -3.26. The molecule has 4 rings (SSSR count). The summed E-state index contributed by atoms with van der Waals surface area (Å²) >= 11 is 5.97. The van der Waals surface area contributed by atoms with E-state index in [1.165, 1.54) is 11.1 Å². The monoisotopic (exact) mass is 411 g/mol. The van der Waals surface area contributed by atoms with E-state index in [1.54, 1.807) is 36.4 Å². The van der Waals surface area contributed by atoms with Crippen LogP contribution in [0, 0.1) is 0 Å². The summed E-state index contributed by atoms with van der Waals surface area (Å²) < 4.78 is 5.59. The minimum absolute atomic E-state index is 0.222. The second kappa shape index (κ2) is 8.00. The number of unbranched alkanes of at least 4 members (excludes halogenated alkanes) is 1. The Kier molecular flexibility index (Phi) is 5.26. The Morgan fingerprint density at radius 1 is 1.24 bits per heavy atom. The second-order valence-corrected chi connectivity index (χ2v) is 6.89. The first-order valence-electron chi connectivity index (χ1n) is 9.24. The van der Waals surface area contributed by atoms with Gasteiger partial charge in [0, 0.05) is 23.7 Å². The summed E-state index contributed by atoms with van der Waals surface area (Å²) in [6, 6.07) is 10.3. The van der Waals surface area contributed by atoms with Crippen molar-refractivity contribution in [3.8, 4) is 0 Å². The first-order valence-corrected chi connectivity index (χ1v) is 9.62. The van der Waals surface area contributed by atoms with E-state index in [-0.39, 0.29) is 5.69 Å². The van der Waals surface area contributed by atoms with E-state index in [9.17, 15) is 9.59 Å². The molecule has 0 saturated carbocycles. The highest BCUT2D eigenvalue weighted by molar-refractivity contribution is 6.29. The lowest BCUT2D eigenvalue weighted by Crippen LogP contribution is -2.35. The van der Waals surface area contributed by atoms with E-state index >= 15 is 0 Å². The van der Waals surface area contributed by atoms with Crippen molar-refractivity contribution < 1.29 is 14.3 Å². The molecule has 0 saturated heterocycles. The summed E-state index contributed by atoms with van der Waals surface area (Å²) in [5.41, 5.74) is 1.11. The molecule has 1 atom stereocenters. The predicted octanol–water partition coefficient (Wildman–Crippen LogP) is 3.86. The second-order valence-electron chi connectivity index (χ2n) is 6.50. The van der Waals surface area contributed by atoms with Crippen molar-refractivity contribution in [2.75, 3.05) is 11.4 Å². The lowest BCUT2D eigenvalue weighted by Gasteiger charge is -2.24. The maximum Gasteiger partial charge on any atom is 0.409 e. The fourth-order valence-electron chi connectivity index (χ4n) is 3.11. The third-order valence-electron chi connectivity index (χ3n) is 4.53. The van der Waals surface area contributed by atoms with Crippen LogP contribution in [0.25, 0.3) is 11.0 Å². The van der Waals surface area contributed by atoms with Crippen LogP contribution in [0.4, 0.5) is 10.6 Å². The fraction of sp³-hybridized carbons (Fsp3) is 0.250. The maximum absolute atomic E-state index is 13.0. The summed E-state index contributed by atoms with van der Waals surface area (Å²) in [6.07, 6.45) is 1.71. The third kappa shape index (κ3) is 3.71. The van der Waals surface area contributed by atoms with Gasteiger partial charge in [-0.1, -0.05) is 24.9 Å². The molecule has 29 heavy (non-hydrogen) atoms. The molecule has 0 spiro atoms. The molecule has 1 N–H and O–H groups in total. The Morgan fingerprint density at radius 3 is 2.90 bits per heavy atom. The lowest BCUT2D eigenvalue weighted by molar-refractivity contribution is 0.0830. The number of hydrogen-bond donors (Lipinski definition) is 1. The van der Waals surface area contributed by atoms with Crippen LogP contribution in [-0.2, 0) is 4.74 Å². The molecule has 1 unspecified atom stereocenters. The average molecular weight is 412 g/mol. The third-order valence-corrected chi connectivity index (χ3v) is 4.74. The molecule has 0 radical (unpaired) electrons. The molecule has 1 aliphatic heterocycles. The number of nitrogens with zero attached hydrogens (tertiary/aromatic N) is 4. The van der Waals surface area contributed by atoms with Crippen LogP contribution in [0.5, 0.6) is 0 Å². The van der Waals surface area contributed by atoms with E-state index < -0.39 is 18.2 Å². The van der Waals surface area contributed by atoms with Crippen molar-refractivity contribution in [3.63, 3.8) is 0 Å². The smallest absolute Gasteiger partial charge is 0.409 e. The van der Waals surface area contributed by atoms with Gasteiger partial charge in [0.2, 0.25) is 6.23 Å². The van der Waals surface area contributed by atoms with Crippen molar-refractivity contribution >= 4 is 40.5 Å². The molecule has 0 bridgehead atoms. The van der Waals surface area contributed by atoms with E-state index in [0.29, 0.717) is 28.7 Å². The van der Waals surface area contributed by atoms with Gasteiger partial charge in [-0.25, -0.2) is 19.7 Å². The zero-order valence-electron chi connectivity index (χ0n) is 15.6. The zero-order chi connectivity index (χ0) is 20.4. The molecule has 8 nitrogen and oxygen atoms in total. The van der Waals surface area contributed by atoms with Gasteiger partial charge in [-0.15, -0.1) is 0 Å². The average Bonchev–Trinajstić information content (AvgIpc) is 2.99. The molecule has 0 aromatic carbocycles. The number of amides is 2. The number of carbonyl (C=O) groups excluding carboxylic acids is 2. The number of nitrogens with one attached hydrogen (secondary N) is 1. The minimum Gasteiger partial charge on any atom is -0.420 e. The highest BCUT2D eigenvalue weighted by Gasteiger charge is 2.42. The standard InChI is InChI=1S/C20H18ClN5O3/c1-2-3-10-23-20(28)29-19-13-5-4-11-22-16(13)18(27)26(19)15-9-7-12-6-8-14(21)24-17(12)25-15/h4-9,11,19H,2-3,10H2,1H3,(H,23,28). The molecule has 4 heterocycles. The number of anilines is 1. The first kappa shape index (κ1) is 19.1. The SMILES string of the molecule is CCCCNC(=O)OC1c2cccnc2C(=O)N1c1ccc2ccc(Cl)nc2n1. The van der Waals surface area contributed by atoms with E-state index in [0.717, 1.165) is 18.2 Å². The number of halogens is 1. The first-order chi connectivity index (χ1) is 14.1. The molecule has 2 amide bonds. The van der Waals surface area contributed by atoms with Crippen LogP contribution in [0.1, 0.15) is 42.0 Å². The number of rotatable bonds is 5. The molecule has 0 aliphatic carbocycles. The van der Waals surface area contributed by atoms with Crippen LogP contribution < -0.4 is 10.2 Å². The predicted molar refractivity (Wildman–Crippen MR) is 108 cm³/mol. The molecule has 1 aliphatic rings.